The minimum atomic E-state index is -0.753. The molecule has 0 spiro atoms. The van der Waals surface area contributed by atoms with Gasteiger partial charge >= 0.3 is 0 Å². The molecule has 2 atom stereocenters. The van der Waals surface area contributed by atoms with Gasteiger partial charge in [-0.1, -0.05) is 42.5 Å². The second kappa shape index (κ2) is 8.20. The molecule has 7 nitrogen and oxygen atoms in total. The third-order valence-corrected chi connectivity index (χ3v) is 6.70. The van der Waals surface area contributed by atoms with E-state index < -0.39 is 6.10 Å². The van der Waals surface area contributed by atoms with Crippen LogP contribution in [0.15, 0.2) is 71.8 Å². The van der Waals surface area contributed by atoms with Gasteiger partial charge in [-0.3, -0.25) is 9.36 Å². The number of para-hydroxylation sites is 1. The highest BCUT2D eigenvalue weighted by molar-refractivity contribution is 6.06. The number of ether oxygens (including phenoxy) is 1. The number of benzene rings is 3. The van der Waals surface area contributed by atoms with E-state index in [1.165, 1.54) is 0 Å². The minimum Gasteiger partial charge on any atom is -0.493 e. The number of nitrogens with zero attached hydrogens (tertiary/aromatic N) is 3. The average Bonchev–Trinajstić information content (AvgIpc) is 2.85. The molecule has 1 aliphatic heterocycles. The van der Waals surface area contributed by atoms with Crippen LogP contribution < -0.4 is 5.56 Å². The fourth-order valence-electron chi connectivity index (χ4n) is 5.05. The molecule has 1 aliphatic rings. The van der Waals surface area contributed by atoms with Crippen molar-refractivity contribution in [2.45, 2.75) is 25.0 Å². The number of fused-ring (bicyclic) bond motifs is 4. The number of hydrogen-bond acceptors (Lipinski definition) is 6. The zero-order valence-corrected chi connectivity index (χ0v) is 18.4. The Morgan fingerprint density at radius 1 is 0.971 bits per heavy atom. The predicted octanol–water partition coefficient (Wildman–Crippen LogP) is 3.72. The van der Waals surface area contributed by atoms with E-state index in [0.717, 1.165) is 32.8 Å². The van der Waals surface area contributed by atoms with Crippen LogP contribution in [-0.4, -0.2) is 44.1 Å². The van der Waals surface area contributed by atoms with Gasteiger partial charge in [0, 0.05) is 23.4 Å². The summed E-state index contributed by atoms with van der Waals surface area (Å²) in [6.45, 7) is 0.699. The van der Waals surface area contributed by atoms with E-state index in [1.807, 2.05) is 54.6 Å². The Bertz CT molecular complexity index is 1610. The van der Waals surface area contributed by atoms with Gasteiger partial charge in [0.1, 0.15) is 0 Å². The van der Waals surface area contributed by atoms with Gasteiger partial charge in [0.05, 0.1) is 41.5 Å². The summed E-state index contributed by atoms with van der Waals surface area (Å²) in [5.41, 5.74) is 3.08. The van der Waals surface area contributed by atoms with Crippen molar-refractivity contribution in [3.8, 4) is 5.88 Å². The van der Waals surface area contributed by atoms with Crippen molar-refractivity contribution >= 4 is 32.6 Å². The molecule has 0 radical (unpaired) electrons. The van der Waals surface area contributed by atoms with Gasteiger partial charge < -0.3 is 14.9 Å². The van der Waals surface area contributed by atoms with Gasteiger partial charge in [0.15, 0.2) is 0 Å². The predicted molar refractivity (Wildman–Crippen MR) is 130 cm³/mol. The van der Waals surface area contributed by atoms with Crippen LogP contribution >= 0.6 is 0 Å². The zero-order chi connectivity index (χ0) is 23.2. The third kappa shape index (κ3) is 3.41. The smallest absolute Gasteiger partial charge is 0.261 e. The van der Waals surface area contributed by atoms with E-state index in [-0.39, 0.29) is 24.1 Å². The second-order valence-corrected chi connectivity index (χ2v) is 8.77. The summed E-state index contributed by atoms with van der Waals surface area (Å²) in [4.78, 5) is 22.5. The van der Waals surface area contributed by atoms with E-state index in [0.29, 0.717) is 30.4 Å². The number of aliphatic hydroxyl groups is 1. The third-order valence-electron chi connectivity index (χ3n) is 6.70. The number of aromatic hydroxyl groups is 1. The van der Waals surface area contributed by atoms with Crippen molar-refractivity contribution < 1.29 is 14.9 Å². The van der Waals surface area contributed by atoms with Gasteiger partial charge in [-0.15, -0.1) is 0 Å². The molecule has 1 fully saturated rings. The quantitative estimate of drug-likeness (QED) is 0.404. The molecule has 0 saturated carbocycles. The van der Waals surface area contributed by atoms with Gasteiger partial charge in [-0.25, -0.2) is 9.97 Å². The summed E-state index contributed by atoms with van der Waals surface area (Å²) in [6, 6.07) is 18.8. The maximum absolute atomic E-state index is 13.6. The van der Waals surface area contributed by atoms with Crippen LogP contribution in [0.3, 0.4) is 0 Å². The van der Waals surface area contributed by atoms with Gasteiger partial charge in [-0.05, 0) is 41.5 Å². The second-order valence-electron chi connectivity index (χ2n) is 8.77. The summed E-state index contributed by atoms with van der Waals surface area (Å²) in [5, 5.41) is 24.0. The summed E-state index contributed by atoms with van der Waals surface area (Å²) < 4.78 is 6.88. The lowest BCUT2D eigenvalue weighted by Gasteiger charge is -2.29. The van der Waals surface area contributed by atoms with Crippen LogP contribution in [0.1, 0.15) is 23.6 Å². The Hall–Kier alpha value is -3.81. The highest BCUT2D eigenvalue weighted by Crippen LogP contribution is 2.31. The summed E-state index contributed by atoms with van der Waals surface area (Å²) in [7, 11) is 0. The SMILES string of the molecule is O=c1c2cc(Cc3cc(O)nc4ccccc34)c3ccccc3c2ncn1[C@H]1CCOC[C@@H]1O. The Morgan fingerprint density at radius 3 is 2.53 bits per heavy atom. The summed E-state index contributed by atoms with van der Waals surface area (Å²) in [6.07, 6.45) is 1.86. The van der Waals surface area contributed by atoms with Crippen LogP contribution in [-0.2, 0) is 11.2 Å². The number of hydrogen-bond donors (Lipinski definition) is 2. The molecule has 3 heterocycles. The van der Waals surface area contributed by atoms with E-state index in [1.54, 1.807) is 17.0 Å². The largest absolute Gasteiger partial charge is 0.493 e. The highest BCUT2D eigenvalue weighted by atomic mass is 16.5. The maximum atomic E-state index is 13.6. The lowest BCUT2D eigenvalue weighted by molar-refractivity contribution is -0.0395. The zero-order valence-electron chi connectivity index (χ0n) is 18.4. The Morgan fingerprint density at radius 2 is 1.71 bits per heavy atom. The average molecular weight is 453 g/mol. The molecular formula is C27H23N3O4. The lowest BCUT2D eigenvalue weighted by atomic mass is 9.94. The number of pyridine rings is 1. The first-order valence-corrected chi connectivity index (χ1v) is 11.3. The van der Waals surface area contributed by atoms with Crippen LogP contribution in [0.25, 0.3) is 32.6 Å². The van der Waals surface area contributed by atoms with Crippen molar-refractivity contribution in [2.24, 2.45) is 0 Å². The van der Waals surface area contributed by atoms with Crippen LogP contribution in [0, 0.1) is 0 Å². The fraction of sp³-hybridized carbons (Fsp3) is 0.222. The Kier molecular flexibility index (Phi) is 5.01. The van der Waals surface area contributed by atoms with Crippen LogP contribution in [0.4, 0.5) is 0 Å². The molecule has 7 heteroatoms. The molecular weight excluding hydrogens is 430 g/mol. The first-order chi connectivity index (χ1) is 16.6. The van der Waals surface area contributed by atoms with Crippen LogP contribution in [0.5, 0.6) is 5.88 Å². The molecule has 5 aromatic rings. The van der Waals surface area contributed by atoms with Gasteiger partial charge in [0.25, 0.3) is 5.56 Å². The van der Waals surface area contributed by atoms with E-state index in [2.05, 4.69) is 9.97 Å². The Labute approximate surface area is 194 Å². The normalized spacial score (nSPS) is 18.6. The minimum absolute atomic E-state index is 0.0312. The fourth-order valence-corrected chi connectivity index (χ4v) is 5.05. The molecule has 3 aromatic carbocycles. The molecule has 0 bridgehead atoms. The molecule has 2 N–H and O–H groups in total. The molecule has 0 aliphatic carbocycles. The molecule has 0 amide bonds. The number of rotatable bonds is 3. The highest BCUT2D eigenvalue weighted by Gasteiger charge is 2.27. The van der Waals surface area contributed by atoms with E-state index >= 15 is 0 Å². The topological polar surface area (TPSA) is 97.5 Å². The van der Waals surface area contributed by atoms with Gasteiger partial charge in [-0.2, -0.15) is 0 Å². The first kappa shape index (κ1) is 20.8. The van der Waals surface area contributed by atoms with E-state index in [4.69, 9.17) is 4.74 Å². The van der Waals surface area contributed by atoms with Crippen molar-refractivity contribution in [3.05, 3.63) is 88.5 Å². The van der Waals surface area contributed by atoms with Crippen LogP contribution in [0.2, 0.25) is 0 Å². The molecule has 6 rings (SSSR count). The number of aliphatic hydroxyl groups excluding tert-OH is 1. The standard InChI is InChI=1S/C27H23N3O4/c31-24-14-34-10-9-23(24)30-15-28-26-20-7-2-1-5-18(20)16(12-21(26)27(30)33)11-17-13-25(32)29-22-8-4-3-6-19(17)22/h1-8,12-13,15,23-24,31H,9-11,14H2,(H,29,32)/t23-,24-/m0/s1. The molecule has 0 unspecified atom stereocenters. The maximum Gasteiger partial charge on any atom is 0.261 e. The summed E-state index contributed by atoms with van der Waals surface area (Å²) >= 11 is 0. The van der Waals surface area contributed by atoms with Crippen molar-refractivity contribution in [2.75, 3.05) is 13.2 Å². The van der Waals surface area contributed by atoms with Gasteiger partial charge in [0.2, 0.25) is 5.88 Å². The molecule has 1 saturated heterocycles. The summed E-state index contributed by atoms with van der Waals surface area (Å²) in [5.74, 6) is -0.0312. The molecule has 170 valence electrons. The number of aromatic nitrogens is 3. The first-order valence-electron chi connectivity index (χ1n) is 11.3. The monoisotopic (exact) mass is 453 g/mol. The Balaban J connectivity index is 1.57. The van der Waals surface area contributed by atoms with Crippen molar-refractivity contribution in [1.82, 2.24) is 14.5 Å². The van der Waals surface area contributed by atoms with Crippen molar-refractivity contribution in [1.29, 1.82) is 0 Å². The van der Waals surface area contributed by atoms with Crippen molar-refractivity contribution in [3.63, 3.8) is 0 Å². The van der Waals surface area contributed by atoms with E-state index in [9.17, 15) is 15.0 Å². The lowest BCUT2D eigenvalue weighted by Crippen LogP contribution is -2.39. The molecule has 2 aromatic heterocycles. The molecule has 34 heavy (non-hydrogen) atoms.